The number of carboxylic acids is 1. The van der Waals surface area contributed by atoms with Crippen molar-refractivity contribution in [1.29, 1.82) is 0 Å². The molecule has 0 heterocycles. The summed E-state index contributed by atoms with van der Waals surface area (Å²) in [6.07, 6.45) is 3.42. The number of aliphatic carboxylic acids is 1. The van der Waals surface area contributed by atoms with Crippen molar-refractivity contribution >= 4 is 24.0 Å². The zero-order chi connectivity index (χ0) is 22.5. The maximum absolute atomic E-state index is 12.1. The summed E-state index contributed by atoms with van der Waals surface area (Å²) >= 11 is 0. The molecule has 2 rings (SSSR count). The molecule has 0 fully saturated rings. The molecule has 0 saturated carbocycles. The van der Waals surface area contributed by atoms with Crippen molar-refractivity contribution < 1.29 is 29.0 Å². The molecule has 0 radical (unpaired) electrons. The van der Waals surface area contributed by atoms with Crippen LogP contribution in [-0.4, -0.2) is 48.9 Å². The molecule has 164 valence electrons. The van der Waals surface area contributed by atoms with E-state index in [0.717, 1.165) is 12.8 Å². The highest BCUT2D eigenvalue weighted by atomic mass is 16.5. The molecule has 0 spiro atoms. The van der Waals surface area contributed by atoms with Crippen molar-refractivity contribution in [2.24, 2.45) is 5.10 Å². The number of nitrogens with one attached hydrogen (secondary N) is 2. The van der Waals surface area contributed by atoms with E-state index in [1.807, 2.05) is 0 Å². The highest BCUT2D eigenvalue weighted by Crippen LogP contribution is 2.13. The van der Waals surface area contributed by atoms with Gasteiger partial charge in [0.25, 0.3) is 11.8 Å². The van der Waals surface area contributed by atoms with E-state index >= 15 is 0 Å². The number of nitrogens with zero attached hydrogens (tertiary/aromatic N) is 1. The molecule has 31 heavy (non-hydrogen) atoms. The minimum absolute atomic E-state index is 0.229. The summed E-state index contributed by atoms with van der Waals surface area (Å²) in [5.41, 5.74) is 3.41. The Morgan fingerprint density at radius 1 is 1.00 bits per heavy atom. The first-order valence-electron chi connectivity index (χ1n) is 9.75. The summed E-state index contributed by atoms with van der Waals surface area (Å²) in [5.74, 6) is -0.819. The van der Waals surface area contributed by atoms with E-state index in [9.17, 15) is 14.4 Å². The molecule has 9 nitrogen and oxygen atoms in total. The average Bonchev–Trinajstić information content (AvgIpc) is 2.77. The number of carboxylic acid groups (broad SMARTS) is 1. The lowest BCUT2D eigenvalue weighted by Crippen LogP contribution is -2.34. The van der Waals surface area contributed by atoms with Gasteiger partial charge in [-0.15, -0.1) is 0 Å². The lowest BCUT2D eigenvalue weighted by atomic mass is 10.2. The molecular weight excluding hydrogens is 402 g/mol. The topological polar surface area (TPSA) is 126 Å². The minimum atomic E-state index is -1.06. The van der Waals surface area contributed by atoms with Crippen LogP contribution in [0.2, 0.25) is 0 Å². The third-order valence-corrected chi connectivity index (χ3v) is 3.94. The Balaban J connectivity index is 1.72. The van der Waals surface area contributed by atoms with Gasteiger partial charge < -0.3 is 19.9 Å². The van der Waals surface area contributed by atoms with Gasteiger partial charge in [-0.3, -0.25) is 9.59 Å². The summed E-state index contributed by atoms with van der Waals surface area (Å²) < 4.78 is 10.6. The van der Waals surface area contributed by atoms with E-state index in [4.69, 9.17) is 14.6 Å². The largest absolute Gasteiger partial charge is 0.494 e. The molecule has 0 bridgehead atoms. The Morgan fingerprint density at radius 3 is 2.29 bits per heavy atom. The smallest absolute Gasteiger partial charge is 0.341 e. The van der Waals surface area contributed by atoms with Crippen molar-refractivity contribution in [1.82, 2.24) is 10.7 Å². The van der Waals surface area contributed by atoms with E-state index < -0.39 is 18.5 Å². The molecule has 0 atom stereocenters. The summed E-state index contributed by atoms with van der Waals surface area (Å²) in [6, 6.07) is 13.2. The minimum Gasteiger partial charge on any atom is -0.494 e. The van der Waals surface area contributed by atoms with Gasteiger partial charge in [-0.05, 0) is 60.5 Å². The van der Waals surface area contributed by atoms with Crippen LogP contribution in [0.5, 0.6) is 11.5 Å². The number of hydrogen-bond acceptors (Lipinski definition) is 6. The summed E-state index contributed by atoms with van der Waals surface area (Å²) in [4.78, 5) is 34.4. The number of carbonyl (C=O) groups is 3. The summed E-state index contributed by atoms with van der Waals surface area (Å²) in [6.45, 7) is 2.06. The highest BCUT2D eigenvalue weighted by molar-refractivity contribution is 5.96. The van der Waals surface area contributed by atoms with Gasteiger partial charge >= 0.3 is 5.97 Å². The maximum Gasteiger partial charge on any atom is 0.341 e. The monoisotopic (exact) mass is 427 g/mol. The SMILES string of the molecule is CCCCOc1ccc(C(=O)NCC(=O)NN=Cc2ccc(OCC(=O)O)cc2)cc1. The third-order valence-electron chi connectivity index (χ3n) is 3.94. The highest BCUT2D eigenvalue weighted by Gasteiger charge is 2.08. The Labute approximate surface area is 180 Å². The second-order valence-corrected chi connectivity index (χ2v) is 6.45. The van der Waals surface area contributed by atoms with Crippen LogP contribution in [0.3, 0.4) is 0 Å². The fraction of sp³-hybridized carbons (Fsp3) is 0.273. The van der Waals surface area contributed by atoms with Crippen LogP contribution in [0.4, 0.5) is 0 Å². The molecule has 2 aromatic rings. The number of hydrogen-bond donors (Lipinski definition) is 3. The summed E-state index contributed by atoms with van der Waals surface area (Å²) in [7, 11) is 0. The van der Waals surface area contributed by atoms with E-state index in [0.29, 0.717) is 29.2 Å². The van der Waals surface area contributed by atoms with Crippen LogP contribution >= 0.6 is 0 Å². The quantitative estimate of drug-likeness (QED) is 0.271. The molecule has 3 N–H and O–H groups in total. The molecule has 0 aliphatic heterocycles. The first-order chi connectivity index (χ1) is 15.0. The predicted molar refractivity (Wildman–Crippen MR) is 114 cm³/mol. The zero-order valence-corrected chi connectivity index (χ0v) is 17.2. The van der Waals surface area contributed by atoms with Crippen molar-refractivity contribution in [3.8, 4) is 11.5 Å². The third kappa shape index (κ3) is 8.99. The van der Waals surface area contributed by atoms with Crippen LogP contribution in [0.1, 0.15) is 35.7 Å². The molecule has 2 amide bonds. The Morgan fingerprint density at radius 2 is 1.65 bits per heavy atom. The first kappa shape index (κ1) is 23.4. The Hall–Kier alpha value is -3.88. The molecule has 9 heteroatoms. The maximum atomic E-state index is 12.1. The van der Waals surface area contributed by atoms with Crippen LogP contribution in [-0.2, 0) is 9.59 Å². The Bertz CT molecular complexity index is 894. The molecular formula is C22H25N3O6. The van der Waals surface area contributed by atoms with Crippen LogP contribution in [0, 0.1) is 0 Å². The van der Waals surface area contributed by atoms with Crippen LogP contribution < -0.4 is 20.2 Å². The van der Waals surface area contributed by atoms with Crippen molar-refractivity contribution in [3.63, 3.8) is 0 Å². The number of rotatable bonds is 12. The molecule has 0 unspecified atom stereocenters. The lowest BCUT2D eigenvalue weighted by Gasteiger charge is -2.07. The standard InChI is InChI=1S/C22H25N3O6/c1-2-3-12-30-18-10-6-17(7-11-18)22(29)23-14-20(26)25-24-13-16-4-8-19(9-5-16)31-15-21(27)28/h4-11,13H,2-3,12,14-15H2,1H3,(H,23,29)(H,25,26)(H,27,28). The van der Waals surface area contributed by atoms with Gasteiger partial charge in [-0.1, -0.05) is 13.3 Å². The Kier molecular flexibility index (Phi) is 9.54. The molecule has 0 aliphatic rings. The fourth-order valence-corrected chi connectivity index (χ4v) is 2.31. The lowest BCUT2D eigenvalue weighted by molar-refractivity contribution is -0.139. The number of ether oxygens (including phenoxy) is 2. The normalized spacial score (nSPS) is 10.5. The van der Waals surface area contributed by atoms with Gasteiger partial charge in [-0.2, -0.15) is 5.10 Å². The number of unbranched alkanes of at least 4 members (excludes halogenated alkanes) is 1. The number of amides is 2. The first-order valence-corrected chi connectivity index (χ1v) is 9.75. The van der Waals surface area contributed by atoms with E-state index in [1.165, 1.54) is 6.21 Å². The molecule has 0 saturated heterocycles. The van der Waals surface area contributed by atoms with Gasteiger partial charge in [0.1, 0.15) is 11.5 Å². The zero-order valence-electron chi connectivity index (χ0n) is 17.2. The predicted octanol–water partition coefficient (Wildman–Crippen LogP) is 2.21. The van der Waals surface area contributed by atoms with Crippen LogP contribution in [0.15, 0.2) is 53.6 Å². The van der Waals surface area contributed by atoms with Gasteiger partial charge in [-0.25, -0.2) is 10.2 Å². The van der Waals surface area contributed by atoms with E-state index in [-0.39, 0.29) is 12.5 Å². The average molecular weight is 427 g/mol. The van der Waals surface area contributed by atoms with Gasteiger partial charge in [0.05, 0.1) is 19.4 Å². The number of hydrazone groups is 1. The number of benzene rings is 2. The number of carbonyl (C=O) groups excluding carboxylic acids is 2. The van der Waals surface area contributed by atoms with E-state index in [2.05, 4.69) is 22.8 Å². The van der Waals surface area contributed by atoms with Gasteiger partial charge in [0.15, 0.2) is 6.61 Å². The second kappa shape index (κ2) is 12.6. The summed E-state index contributed by atoms with van der Waals surface area (Å²) in [5, 5.41) is 14.9. The molecule has 2 aromatic carbocycles. The van der Waals surface area contributed by atoms with E-state index in [1.54, 1.807) is 48.5 Å². The van der Waals surface area contributed by atoms with Crippen molar-refractivity contribution in [2.45, 2.75) is 19.8 Å². The fourth-order valence-electron chi connectivity index (χ4n) is 2.31. The van der Waals surface area contributed by atoms with Gasteiger partial charge in [0.2, 0.25) is 0 Å². The van der Waals surface area contributed by atoms with Gasteiger partial charge in [0, 0.05) is 5.56 Å². The van der Waals surface area contributed by atoms with Crippen molar-refractivity contribution in [3.05, 3.63) is 59.7 Å². The second-order valence-electron chi connectivity index (χ2n) is 6.45. The molecule has 0 aromatic heterocycles. The van der Waals surface area contributed by atoms with Crippen molar-refractivity contribution in [2.75, 3.05) is 19.8 Å². The molecule has 0 aliphatic carbocycles. The van der Waals surface area contributed by atoms with Crippen LogP contribution in [0.25, 0.3) is 0 Å².